The summed E-state index contributed by atoms with van der Waals surface area (Å²) >= 11 is 1.39. The molecule has 0 radical (unpaired) electrons. The largest absolute Gasteiger partial charge is 0.274 e. The number of aromatic nitrogens is 2. The molecule has 0 saturated carbocycles. The first-order valence-corrected chi connectivity index (χ1v) is 4.73. The number of aryl methyl sites for hydroxylation is 1. The van der Waals surface area contributed by atoms with Crippen molar-refractivity contribution in [1.29, 1.82) is 5.41 Å². The lowest BCUT2D eigenvalue weighted by Gasteiger charge is -1.91. The molecule has 1 aromatic heterocycles. The zero-order valence-electron chi connectivity index (χ0n) is 7.60. The van der Waals surface area contributed by atoms with Gasteiger partial charge >= 0.3 is 0 Å². The fourth-order valence-corrected chi connectivity index (χ4v) is 1.83. The Hall–Kier alpha value is -0.690. The van der Waals surface area contributed by atoms with E-state index in [-0.39, 0.29) is 24.0 Å². The maximum atomic E-state index is 7.51. The van der Waals surface area contributed by atoms with E-state index in [1.54, 1.807) is 11.7 Å². The van der Waals surface area contributed by atoms with Crippen LogP contribution in [0.1, 0.15) is 0 Å². The summed E-state index contributed by atoms with van der Waals surface area (Å²) in [6.07, 6.45) is 0. The molecule has 1 aromatic carbocycles. The van der Waals surface area contributed by atoms with Crippen LogP contribution in [0, 0.1) is 5.41 Å². The lowest BCUT2D eigenvalue weighted by atomic mass is 10.2. The number of hydrogen-bond acceptors (Lipinski definition) is 3. The third-order valence-corrected chi connectivity index (χ3v) is 2.72. The second-order valence-electron chi connectivity index (χ2n) is 2.70. The Morgan fingerprint density at radius 3 is 2.43 bits per heavy atom. The van der Waals surface area contributed by atoms with Crippen LogP contribution >= 0.6 is 35.3 Å². The van der Waals surface area contributed by atoms with Gasteiger partial charge in [0.1, 0.15) is 5.01 Å². The first kappa shape index (κ1) is 11.4. The van der Waals surface area contributed by atoms with Gasteiger partial charge in [-0.25, -0.2) is 4.68 Å². The van der Waals surface area contributed by atoms with E-state index in [4.69, 9.17) is 5.41 Å². The summed E-state index contributed by atoms with van der Waals surface area (Å²) in [6.45, 7) is 0. The molecule has 1 N–H and O–H groups in total. The molecular formula is C9H10IN3S. The van der Waals surface area contributed by atoms with E-state index in [9.17, 15) is 0 Å². The average Bonchev–Trinajstić information content (AvgIpc) is 2.49. The molecule has 2 aromatic rings. The van der Waals surface area contributed by atoms with Gasteiger partial charge in [-0.05, 0) is 0 Å². The lowest BCUT2D eigenvalue weighted by Crippen LogP contribution is -2.08. The zero-order chi connectivity index (χ0) is 9.26. The van der Waals surface area contributed by atoms with Crippen LogP contribution in [0.5, 0.6) is 0 Å². The molecule has 0 aliphatic heterocycles. The molecule has 0 spiro atoms. The van der Waals surface area contributed by atoms with E-state index >= 15 is 0 Å². The molecule has 0 fully saturated rings. The molecule has 0 atom stereocenters. The Balaban J connectivity index is 0.000000980. The van der Waals surface area contributed by atoms with Crippen LogP contribution in [0.3, 0.4) is 0 Å². The lowest BCUT2D eigenvalue weighted by molar-refractivity contribution is 0.723. The van der Waals surface area contributed by atoms with Crippen molar-refractivity contribution in [3.05, 3.63) is 35.1 Å². The van der Waals surface area contributed by atoms with Crippen LogP contribution in [0.4, 0.5) is 0 Å². The quantitative estimate of drug-likeness (QED) is 0.805. The predicted molar refractivity (Wildman–Crippen MR) is 67.8 cm³/mol. The molecular weight excluding hydrogens is 309 g/mol. The van der Waals surface area contributed by atoms with Gasteiger partial charge in [0.2, 0.25) is 0 Å². The first-order valence-electron chi connectivity index (χ1n) is 3.91. The van der Waals surface area contributed by atoms with Gasteiger partial charge in [0.05, 0.1) is 0 Å². The fourth-order valence-electron chi connectivity index (χ4n) is 1.06. The van der Waals surface area contributed by atoms with Crippen LogP contribution in [0.15, 0.2) is 30.3 Å². The van der Waals surface area contributed by atoms with Gasteiger partial charge in [0, 0.05) is 12.6 Å². The number of halogens is 1. The van der Waals surface area contributed by atoms with Crippen molar-refractivity contribution in [3.8, 4) is 10.6 Å². The van der Waals surface area contributed by atoms with Crippen molar-refractivity contribution in [2.45, 2.75) is 0 Å². The summed E-state index contributed by atoms with van der Waals surface area (Å²) in [7, 11) is 1.78. The van der Waals surface area contributed by atoms with E-state index < -0.39 is 0 Å². The van der Waals surface area contributed by atoms with E-state index in [0.717, 1.165) is 10.6 Å². The van der Waals surface area contributed by atoms with Gasteiger partial charge in [0.15, 0.2) is 4.80 Å². The number of rotatable bonds is 1. The zero-order valence-corrected chi connectivity index (χ0v) is 10.7. The highest BCUT2D eigenvalue weighted by Gasteiger charge is 2.02. The topological polar surface area (TPSA) is 41.7 Å². The van der Waals surface area contributed by atoms with E-state index in [1.165, 1.54) is 11.3 Å². The molecule has 74 valence electrons. The summed E-state index contributed by atoms with van der Waals surface area (Å²) in [4.78, 5) is 0.471. The van der Waals surface area contributed by atoms with Crippen LogP contribution < -0.4 is 4.80 Å². The standard InChI is InChI=1S/C9H9N3S.HI/c1-12-9(10)13-8(11-12)7-5-3-2-4-6-7;/h2-6,10H,1H3;1H. The Morgan fingerprint density at radius 2 is 1.93 bits per heavy atom. The van der Waals surface area contributed by atoms with E-state index in [1.807, 2.05) is 30.3 Å². The molecule has 5 heteroatoms. The minimum Gasteiger partial charge on any atom is -0.274 e. The minimum absolute atomic E-state index is 0. The van der Waals surface area contributed by atoms with Gasteiger partial charge in [-0.15, -0.1) is 24.0 Å². The molecule has 0 unspecified atom stereocenters. The molecule has 0 aliphatic carbocycles. The van der Waals surface area contributed by atoms with Crippen molar-refractivity contribution in [1.82, 2.24) is 9.78 Å². The smallest absolute Gasteiger partial charge is 0.200 e. The van der Waals surface area contributed by atoms with E-state index in [2.05, 4.69) is 5.10 Å². The van der Waals surface area contributed by atoms with Gasteiger partial charge < -0.3 is 0 Å². The Bertz CT molecular complexity index is 460. The molecule has 3 nitrogen and oxygen atoms in total. The number of nitrogens with zero attached hydrogens (tertiary/aromatic N) is 2. The second kappa shape index (κ2) is 4.70. The molecule has 0 aliphatic rings. The molecule has 2 rings (SSSR count). The number of benzene rings is 1. The number of hydrogen-bond donors (Lipinski definition) is 1. The molecule has 14 heavy (non-hydrogen) atoms. The van der Waals surface area contributed by atoms with Crippen LogP contribution in [0.2, 0.25) is 0 Å². The monoisotopic (exact) mass is 319 g/mol. The maximum absolute atomic E-state index is 7.51. The Morgan fingerprint density at radius 1 is 1.29 bits per heavy atom. The SMILES string of the molecule is Cn1nc(-c2ccccc2)sc1=N.I. The normalized spacial score (nSPS) is 9.50. The van der Waals surface area contributed by atoms with Crippen molar-refractivity contribution in [2.24, 2.45) is 7.05 Å². The van der Waals surface area contributed by atoms with Crippen molar-refractivity contribution < 1.29 is 0 Å². The van der Waals surface area contributed by atoms with Crippen LogP contribution in [0.25, 0.3) is 10.6 Å². The molecule has 0 saturated heterocycles. The summed E-state index contributed by atoms with van der Waals surface area (Å²) in [5, 5.41) is 12.6. The van der Waals surface area contributed by atoms with Gasteiger partial charge in [-0.2, -0.15) is 5.10 Å². The highest BCUT2D eigenvalue weighted by atomic mass is 127. The predicted octanol–water partition coefficient (Wildman–Crippen LogP) is 2.25. The van der Waals surface area contributed by atoms with Crippen molar-refractivity contribution >= 4 is 35.3 Å². The average molecular weight is 319 g/mol. The van der Waals surface area contributed by atoms with Gasteiger partial charge in [-0.1, -0.05) is 41.7 Å². The summed E-state index contributed by atoms with van der Waals surface area (Å²) < 4.78 is 1.58. The Kier molecular flexibility index (Phi) is 3.82. The first-order chi connectivity index (χ1) is 6.27. The minimum atomic E-state index is 0. The van der Waals surface area contributed by atoms with Gasteiger partial charge in [0.25, 0.3) is 0 Å². The third kappa shape index (κ3) is 2.21. The van der Waals surface area contributed by atoms with Gasteiger partial charge in [-0.3, -0.25) is 5.41 Å². The maximum Gasteiger partial charge on any atom is 0.200 e. The molecule has 0 bridgehead atoms. The Labute approximate surface area is 103 Å². The van der Waals surface area contributed by atoms with Crippen LogP contribution in [-0.2, 0) is 7.05 Å². The number of nitrogens with one attached hydrogen (secondary N) is 1. The second-order valence-corrected chi connectivity index (χ2v) is 3.68. The fraction of sp³-hybridized carbons (Fsp3) is 0.111. The summed E-state index contributed by atoms with van der Waals surface area (Å²) in [5.74, 6) is 0. The molecule has 1 heterocycles. The van der Waals surface area contributed by atoms with Crippen molar-refractivity contribution in [3.63, 3.8) is 0 Å². The molecule has 0 amide bonds. The highest BCUT2D eigenvalue weighted by molar-refractivity contribution is 14.0. The van der Waals surface area contributed by atoms with Crippen molar-refractivity contribution in [2.75, 3.05) is 0 Å². The third-order valence-electron chi connectivity index (χ3n) is 1.75. The summed E-state index contributed by atoms with van der Waals surface area (Å²) in [5.41, 5.74) is 1.07. The summed E-state index contributed by atoms with van der Waals surface area (Å²) in [6, 6.07) is 9.91. The van der Waals surface area contributed by atoms with E-state index in [0.29, 0.717) is 4.80 Å². The highest BCUT2D eigenvalue weighted by Crippen LogP contribution is 2.17. The van der Waals surface area contributed by atoms with Crippen LogP contribution in [-0.4, -0.2) is 9.78 Å².